The fraction of sp³-hybridized carbons (Fsp3) is 0.538. The van der Waals surface area contributed by atoms with Crippen LogP contribution in [0.1, 0.15) is 20.3 Å². The van der Waals surface area contributed by atoms with Crippen LogP contribution in [0.5, 0.6) is 0 Å². The van der Waals surface area contributed by atoms with E-state index < -0.39 is 0 Å². The van der Waals surface area contributed by atoms with E-state index >= 15 is 0 Å². The van der Waals surface area contributed by atoms with E-state index in [-0.39, 0.29) is 12.1 Å². The van der Waals surface area contributed by atoms with Crippen molar-refractivity contribution < 1.29 is 13.9 Å². The predicted molar refractivity (Wildman–Crippen MR) is 71.6 cm³/mol. The quantitative estimate of drug-likeness (QED) is 0.734. The van der Waals surface area contributed by atoms with Gasteiger partial charge < -0.3 is 14.8 Å². The van der Waals surface area contributed by atoms with Crippen molar-refractivity contribution in [1.29, 1.82) is 0 Å². The van der Waals surface area contributed by atoms with Crippen molar-refractivity contribution in [3.63, 3.8) is 0 Å². The second kappa shape index (κ2) is 8.29. The van der Waals surface area contributed by atoms with Crippen molar-refractivity contribution in [2.24, 2.45) is 0 Å². The summed E-state index contributed by atoms with van der Waals surface area (Å²) >= 11 is 5.94. The number of rotatable bonds is 8. The van der Waals surface area contributed by atoms with Crippen LogP contribution < -0.4 is 5.32 Å². The maximum absolute atomic E-state index is 13.0. The monoisotopic (exact) mass is 275 g/mol. The smallest absolute Gasteiger partial charge is 0.159 e. The van der Waals surface area contributed by atoms with Gasteiger partial charge in [-0.2, -0.15) is 0 Å². The molecular weight excluding hydrogens is 257 g/mol. The molecule has 0 radical (unpaired) electrons. The Morgan fingerprint density at radius 2 is 1.94 bits per heavy atom. The second-order valence-electron chi connectivity index (χ2n) is 3.68. The Morgan fingerprint density at radius 1 is 1.28 bits per heavy atom. The van der Waals surface area contributed by atoms with Crippen LogP contribution in [0.3, 0.4) is 0 Å². The van der Waals surface area contributed by atoms with E-state index in [9.17, 15) is 4.39 Å². The number of nitrogens with one attached hydrogen (secondary N) is 1. The van der Waals surface area contributed by atoms with Crippen molar-refractivity contribution in [2.45, 2.75) is 26.6 Å². The molecule has 1 aromatic rings. The Bertz CT molecular complexity index is 357. The van der Waals surface area contributed by atoms with Crippen LogP contribution in [0.2, 0.25) is 5.02 Å². The molecule has 0 saturated carbocycles. The highest BCUT2D eigenvalue weighted by molar-refractivity contribution is 6.33. The van der Waals surface area contributed by atoms with Gasteiger partial charge in [0.15, 0.2) is 6.29 Å². The zero-order valence-corrected chi connectivity index (χ0v) is 11.5. The standard InChI is InChI=1S/C13H19ClFNO2/c1-3-17-13(18-4-2)7-8-16-12-9-10(15)5-6-11(12)14/h5-6,9,13,16H,3-4,7-8H2,1-2H3. The Morgan fingerprint density at radius 3 is 2.56 bits per heavy atom. The molecule has 0 aliphatic carbocycles. The third-order valence-corrected chi connectivity index (χ3v) is 2.66. The molecule has 0 aliphatic rings. The molecule has 3 nitrogen and oxygen atoms in total. The Hall–Kier alpha value is -0.840. The van der Waals surface area contributed by atoms with Crippen LogP contribution in [-0.4, -0.2) is 26.0 Å². The Kier molecular flexibility index (Phi) is 7.01. The number of benzene rings is 1. The van der Waals surface area contributed by atoms with Gasteiger partial charge in [-0.15, -0.1) is 0 Å². The highest BCUT2D eigenvalue weighted by atomic mass is 35.5. The summed E-state index contributed by atoms with van der Waals surface area (Å²) in [6.07, 6.45) is 0.439. The molecule has 0 amide bonds. The van der Waals surface area contributed by atoms with E-state index in [4.69, 9.17) is 21.1 Å². The zero-order chi connectivity index (χ0) is 13.4. The maximum atomic E-state index is 13.0. The van der Waals surface area contributed by atoms with Crippen molar-refractivity contribution in [1.82, 2.24) is 0 Å². The Labute approximate surface area is 112 Å². The molecular formula is C13H19ClFNO2. The molecule has 0 saturated heterocycles. The lowest BCUT2D eigenvalue weighted by molar-refractivity contribution is -0.137. The fourth-order valence-corrected chi connectivity index (χ4v) is 1.73. The summed E-state index contributed by atoms with van der Waals surface area (Å²) in [6.45, 7) is 5.65. The number of hydrogen-bond donors (Lipinski definition) is 1. The highest BCUT2D eigenvalue weighted by Gasteiger charge is 2.08. The first-order chi connectivity index (χ1) is 8.67. The van der Waals surface area contributed by atoms with Crippen LogP contribution in [0.15, 0.2) is 18.2 Å². The average molecular weight is 276 g/mol. The minimum atomic E-state index is -0.312. The average Bonchev–Trinajstić information content (AvgIpc) is 2.34. The van der Waals surface area contributed by atoms with Gasteiger partial charge in [-0.1, -0.05) is 11.6 Å². The molecule has 0 fully saturated rings. The van der Waals surface area contributed by atoms with E-state index in [0.717, 1.165) is 0 Å². The number of ether oxygens (including phenoxy) is 2. The number of hydrogen-bond acceptors (Lipinski definition) is 3. The molecule has 1 N–H and O–H groups in total. The maximum Gasteiger partial charge on any atom is 0.159 e. The Balaban J connectivity index is 2.41. The molecule has 0 aromatic heterocycles. The first kappa shape index (κ1) is 15.2. The topological polar surface area (TPSA) is 30.5 Å². The van der Waals surface area contributed by atoms with E-state index in [0.29, 0.717) is 36.9 Å². The lowest BCUT2D eigenvalue weighted by atomic mass is 10.3. The first-order valence-electron chi connectivity index (χ1n) is 6.09. The van der Waals surface area contributed by atoms with Gasteiger partial charge in [0.1, 0.15) is 5.82 Å². The van der Waals surface area contributed by atoms with E-state index in [1.807, 2.05) is 13.8 Å². The zero-order valence-electron chi connectivity index (χ0n) is 10.7. The summed E-state index contributed by atoms with van der Waals surface area (Å²) in [5.74, 6) is -0.312. The lowest BCUT2D eigenvalue weighted by Gasteiger charge is -2.17. The molecule has 0 atom stereocenters. The summed E-state index contributed by atoms with van der Waals surface area (Å²) in [5, 5.41) is 3.57. The summed E-state index contributed by atoms with van der Waals surface area (Å²) in [5.41, 5.74) is 0.586. The first-order valence-corrected chi connectivity index (χ1v) is 6.47. The largest absolute Gasteiger partial charge is 0.384 e. The third-order valence-electron chi connectivity index (χ3n) is 2.33. The van der Waals surface area contributed by atoms with Crippen LogP contribution in [0.25, 0.3) is 0 Å². The van der Waals surface area contributed by atoms with Gasteiger partial charge in [0, 0.05) is 26.2 Å². The summed E-state index contributed by atoms with van der Waals surface area (Å²) in [6, 6.07) is 4.23. The minimum Gasteiger partial charge on any atom is -0.384 e. The molecule has 102 valence electrons. The van der Waals surface area contributed by atoms with Crippen molar-refractivity contribution >= 4 is 17.3 Å². The molecule has 1 rings (SSSR count). The van der Waals surface area contributed by atoms with Crippen LogP contribution >= 0.6 is 11.6 Å². The summed E-state index contributed by atoms with van der Waals surface area (Å²) in [7, 11) is 0. The lowest BCUT2D eigenvalue weighted by Crippen LogP contribution is -2.21. The molecule has 5 heteroatoms. The van der Waals surface area contributed by atoms with Crippen molar-refractivity contribution in [3.8, 4) is 0 Å². The molecule has 0 aliphatic heterocycles. The van der Waals surface area contributed by atoms with Gasteiger partial charge in [0.2, 0.25) is 0 Å². The van der Waals surface area contributed by atoms with E-state index in [1.165, 1.54) is 18.2 Å². The van der Waals surface area contributed by atoms with Gasteiger partial charge >= 0.3 is 0 Å². The third kappa shape index (κ3) is 5.21. The van der Waals surface area contributed by atoms with Crippen molar-refractivity contribution in [2.75, 3.05) is 25.1 Å². The number of anilines is 1. The second-order valence-corrected chi connectivity index (χ2v) is 4.09. The van der Waals surface area contributed by atoms with Crippen LogP contribution in [-0.2, 0) is 9.47 Å². The summed E-state index contributed by atoms with van der Waals surface area (Å²) < 4.78 is 23.8. The van der Waals surface area contributed by atoms with Gasteiger partial charge in [-0.3, -0.25) is 0 Å². The van der Waals surface area contributed by atoms with Crippen LogP contribution in [0, 0.1) is 5.82 Å². The summed E-state index contributed by atoms with van der Waals surface area (Å²) in [4.78, 5) is 0. The van der Waals surface area contributed by atoms with Crippen LogP contribution in [0.4, 0.5) is 10.1 Å². The van der Waals surface area contributed by atoms with Gasteiger partial charge in [-0.05, 0) is 32.0 Å². The van der Waals surface area contributed by atoms with Crippen molar-refractivity contribution in [3.05, 3.63) is 29.0 Å². The molecule has 0 spiro atoms. The molecule has 1 aromatic carbocycles. The fourth-order valence-electron chi connectivity index (χ4n) is 1.54. The van der Waals surface area contributed by atoms with E-state index in [2.05, 4.69) is 5.32 Å². The molecule has 18 heavy (non-hydrogen) atoms. The molecule has 0 unspecified atom stereocenters. The SMILES string of the molecule is CCOC(CCNc1cc(F)ccc1Cl)OCC. The van der Waals surface area contributed by atoms with Gasteiger partial charge in [0.05, 0.1) is 10.7 Å². The highest BCUT2D eigenvalue weighted by Crippen LogP contribution is 2.22. The predicted octanol–water partition coefficient (Wildman–Crippen LogP) is 3.68. The van der Waals surface area contributed by atoms with Gasteiger partial charge in [0.25, 0.3) is 0 Å². The van der Waals surface area contributed by atoms with Gasteiger partial charge in [-0.25, -0.2) is 4.39 Å². The molecule has 0 heterocycles. The normalized spacial score (nSPS) is 10.9. The minimum absolute atomic E-state index is 0.236. The van der Waals surface area contributed by atoms with E-state index in [1.54, 1.807) is 0 Å². The molecule has 0 bridgehead atoms. The number of halogens is 2.